The summed E-state index contributed by atoms with van der Waals surface area (Å²) >= 11 is 0. The van der Waals surface area contributed by atoms with E-state index in [0.29, 0.717) is 31.3 Å². The van der Waals surface area contributed by atoms with Crippen molar-refractivity contribution in [2.75, 3.05) is 13.1 Å². The van der Waals surface area contributed by atoms with Crippen molar-refractivity contribution in [2.45, 2.75) is 51.7 Å². The summed E-state index contributed by atoms with van der Waals surface area (Å²) in [7, 11) is 0. The first-order chi connectivity index (χ1) is 16.0. The van der Waals surface area contributed by atoms with Crippen molar-refractivity contribution < 1.29 is 23.2 Å². The smallest absolute Gasteiger partial charge is 0.410 e. The molecule has 1 aliphatic rings. The van der Waals surface area contributed by atoms with Gasteiger partial charge >= 0.3 is 6.09 Å². The summed E-state index contributed by atoms with van der Waals surface area (Å²) in [6.07, 6.45) is 4.18. The summed E-state index contributed by atoms with van der Waals surface area (Å²) in [4.78, 5) is 28.5. The molecule has 0 aliphatic carbocycles. The summed E-state index contributed by atoms with van der Waals surface area (Å²) in [5, 5.41) is 11.3. The summed E-state index contributed by atoms with van der Waals surface area (Å²) in [6.45, 7) is 6.49. The van der Waals surface area contributed by atoms with Gasteiger partial charge < -0.3 is 14.2 Å². The summed E-state index contributed by atoms with van der Waals surface area (Å²) < 4.78 is 36.3. The van der Waals surface area contributed by atoms with Crippen molar-refractivity contribution in [1.82, 2.24) is 14.5 Å². The van der Waals surface area contributed by atoms with E-state index in [1.54, 1.807) is 23.4 Å². The molecule has 1 aliphatic heterocycles. The van der Waals surface area contributed by atoms with Crippen molar-refractivity contribution in [1.29, 1.82) is 0 Å². The minimum atomic E-state index is -0.747. The number of rotatable bonds is 4. The van der Waals surface area contributed by atoms with Gasteiger partial charge in [-0.2, -0.15) is 0 Å². The highest BCUT2D eigenvalue weighted by atomic mass is 19.1. The van der Waals surface area contributed by atoms with E-state index in [4.69, 9.17) is 4.74 Å². The first-order valence-electron chi connectivity index (χ1n) is 11.1. The Morgan fingerprint density at radius 3 is 2.53 bits per heavy atom. The largest absolute Gasteiger partial charge is 0.444 e. The second-order valence-electron chi connectivity index (χ2n) is 9.51. The van der Waals surface area contributed by atoms with Gasteiger partial charge in [-0.25, -0.2) is 13.6 Å². The Morgan fingerprint density at radius 2 is 1.91 bits per heavy atom. The zero-order chi connectivity index (χ0) is 24.6. The van der Waals surface area contributed by atoms with Crippen LogP contribution >= 0.6 is 0 Å². The predicted molar refractivity (Wildman–Crippen MR) is 122 cm³/mol. The number of hydrogen-bond acceptors (Lipinski definition) is 5. The first kappa shape index (κ1) is 23.6. The maximum atomic E-state index is 14.9. The van der Waals surface area contributed by atoms with Crippen molar-refractivity contribution in [3.8, 4) is 0 Å². The molecule has 0 atom stereocenters. The molecule has 1 aromatic carbocycles. The number of pyridine rings is 1. The number of halogens is 2. The zero-order valence-electron chi connectivity index (χ0n) is 19.3. The summed E-state index contributed by atoms with van der Waals surface area (Å²) in [5.74, 6) is -1.18. The number of hydrogen-bond donors (Lipinski definition) is 0. The highest BCUT2D eigenvalue weighted by Gasteiger charge is 2.28. The van der Waals surface area contributed by atoms with Gasteiger partial charge in [0.1, 0.15) is 11.4 Å². The molecule has 0 bridgehead atoms. The van der Waals surface area contributed by atoms with Crippen LogP contribution in [0.2, 0.25) is 0 Å². The number of piperidine rings is 1. The highest BCUT2D eigenvalue weighted by Crippen LogP contribution is 2.30. The number of likely N-dealkylation sites (tertiary alicyclic amines) is 1. The molecule has 2 aromatic heterocycles. The number of non-ortho nitro benzene ring substituents is 1. The molecule has 1 amide bonds. The number of carbonyl (C=O) groups is 1. The van der Waals surface area contributed by atoms with Crippen LogP contribution in [0.4, 0.5) is 19.3 Å². The molecule has 0 unspecified atom stereocenters. The molecule has 3 heterocycles. The number of carbonyl (C=O) groups excluding carboxylic acids is 1. The van der Waals surface area contributed by atoms with Gasteiger partial charge in [-0.15, -0.1) is 0 Å². The SMILES string of the molecule is CC(C)(C)OC(=O)N1CCC(c2cnc(Cn3ccc4cc([N+](=O)[O-])cc(F)c43)c(F)c2)CC1. The van der Waals surface area contributed by atoms with Crippen LogP contribution in [0, 0.1) is 21.7 Å². The van der Waals surface area contributed by atoms with Crippen LogP contribution in [0.1, 0.15) is 50.8 Å². The van der Waals surface area contributed by atoms with E-state index in [1.165, 1.54) is 16.7 Å². The molecule has 8 nitrogen and oxygen atoms in total. The second-order valence-corrected chi connectivity index (χ2v) is 9.51. The van der Waals surface area contributed by atoms with Crippen molar-refractivity contribution in [2.24, 2.45) is 0 Å². The molecule has 1 saturated heterocycles. The van der Waals surface area contributed by atoms with E-state index in [9.17, 15) is 23.7 Å². The number of benzene rings is 1. The topological polar surface area (TPSA) is 90.5 Å². The van der Waals surface area contributed by atoms with Crippen LogP contribution in [0.15, 0.2) is 36.7 Å². The predicted octanol–water partition coefficient (Wildman–Crippen LogP) is 5.39. The molecule has 10 heteroatoms. The third kappa shape index (κ3) is 5.00. The number of nitro benzene ring substituents is 1. The van der Waals surface area contributed by atoms with Gasteiger partial charge in [0.15, 0.2) is 5.82 Å². The molecule has 1 fully saturated rings. The lowest BCUT2D eigenvalue weighted by atomic mass is 9.90. The molecule has 0 spiro atoms. The lowest BCUT2D eigenvalue weighted by molar-refractivity contribution is -0.384. The fourth-order valence-corrected chi connectivity index (χ4v) is 4.22. The van der Waals surface area contributed by atoms with Gasteiger partial charge in [0.25, 0.3) is 5.69 Å². The minimum absolute atomic E-state index is 0.0125. The Bertz CT molecular complexity index is 1240. The van der Waals surface area contributed by atoms with Crippen LogP contribution in [0.3, 0.4) is 0 Å². The number of fused-ring (bicyclic) bond motifs is 1. The third-order valence-corrected chi connectivity index (χ3v) is 5.89. The Labute approximate surface area is 195 Å². The van der Waals surface area contributed by atoms with Crippen LogP contribution in [-0.4, -0.2) is 44.2 Å². The van der Waals surface area contributed by atoms with Crippen LogP contribution in [0.25, 0.3) is 10.9 Å². The Morgan fingerprint density at radius 1 is 1.21 bits per heavy atom. The van der Waals surface area contributed by atoms with Gasteiger partial charge in [-0.1, -0.05) is 0 Å². The number of aromatic nitrogens is 2. The molecule has 34 heavy (non-hydrogen) atoms. The van der Waals surface area contributed by atoms with Gasteiger partial charge in [0.2, 0.25) is 0 Å². The number of amides is 1. The molecule has 4 rings (SSSR count). The van der Waals surface area contributed by atoms with E-state index in [-0.39, 0.29) is 35.5 Å². The number of nitrogens with zero attached hydrogens (tertiary/aromatic N) is 4. The Kier molecular flexibility index (Phi) is 6.24. The van der Waals surface area contributed by atoms with Crippen molar-refractivity contribution >= 4 is 22.7 Å². The van der Waals surface area contributed by atoms with E-state index in [0.717, 1.165) is 11.6 Å². The number of nitro groups is 1. The fraction of sp³-hybridized carbons (Fsp3) is 0.417. The zero-order valence-corrected chi connectivity index (χ0v) is 19.3. The minimum Gasteiger partial charge on any atom is -0.444 e. The molecule has 0 radical (unpaired) electrons. The molecule has 3 aromatic rings. The van der Waals surface area contributed by atoms with Gasteiger partial charge in [0, 0.05) is 36.9 Å². The third-order valence-electron chi connectivity index (χ3n) is 5.89. The van der Waals surface area contributed by atoms with Crippen LogP contribution in [0.5, 0.6) is 0 Å². The summed E-state index contributed by atoms with van der Waals surface area (Å²) in [6, 6.07) is 5.14. The maximum absolute atomic E-state index is 14.9. The average Bonchev–Trinajstić information content (AvgIpc) is 3.17. The van der Waals surface area contributed by atoms with Gasteiger partial charge in [-0.05, 0) is 57.2 Å². The highest BCUT2D eigenvalue weighted by molar-refractivity contribution is 5.83. The molecule has 180 valence electrons. The maximum Gasteiger partial charge on any atom is 0.410 e. The van der Waals surface area contributed by atoms with Crippen LogP contribution < -0.4 is 0 Å². The van der Waals surface area contributed by atoms with Crippen molar-refractivity contribution in [3.05, 3.63) is 69.7 Å². The Hall–Kier alpha value is -3.56. The standard InChI is InChI=1S/C24H26F2N4O4/c1-24(2,3)34-23(31)28-7-4-15(5-8-28)17-11-19(25)21(27-13-17)14-29-9-6-16-10-18(30(32)33)12-20(26)22(16)29/h6,9-13,15H,4-5,7-8,14H2,1-3H3. The molecule has 0 saturated carbocycles. The summed E-state index contributed by atoms with van der Waals surface area (Å²) in [5.41, 5.74) is 0.161. The molecular formula is C24H26F2N4O4. The lowest BCUT2D eigenvalue weighted by Crippen LogP contribution is -2.41. The first-order valence-corrected chi connectivity index (χ1v) is 11.1. The number of ether oxygens (including phenoxy) is 1. The van der Waals surface area contributed by atoms with Gasteiger partial charge in [0.05, 0.1) is 28.7 Å². The lowest BCUT2D eigenvalue weighted by Gasteiger charge is -2.33. The van der Waals surface area contributed by atoms with Gasteiger partial charge in [-0.3, -0.25) is 15.1 Å². The fourth-order valence-electron chi connectivity index (χ4n) is 4.22. The molecular weight excluding hydrogens is 446 g/mol. The second kappa shape index (κ2) is 9.00. The van der Waals surface area contributed by atoms with Crippen molar-refractivity contribution in [3.63, 3.8) is 0 Å². The quantitative estimate of drug-likeness (QED) is 0.375. The Balaban J connectivity index is 1.45. The molecule has 0 N–H and O–H groups in total. The normalized spacial score (nSPS) is 15.0. The van der Waals surface area contributed by atoms with E-state index in [1.807, 2.05) is 20.8 Å². The van der Waals surface area contributed by atoms with E-state index in [2.05, 4.69) is 4.98 Å². The van der Waals surface area contributed by atoms with Crippen LogP contribution in [-0.2, 0) is 11.3 Å². The average molecular weight is 472 g/mol. The van der Waals surface area contributed by atoms with E-state index < -0.39 is 22.2 Å². The monoisotopic (exact) mass is 472 g/mol. The van der Waals surface area contributed by atoms with E-state index >= 15 is 0 Å².